The topological polar surface area (TPSA) is 44.1 Å². The Morgan fingerprint density at radius 3 is 2.79 bits per heavy atom. The molecule has 4 heteroatoms. The van der Waals surface area contributed by atoms with Gasteiger partial charge in [-0.15, -0.1) is 0 Å². The van der Waals surface area contributed by atoms with Gasteiger partial charge in [0.2, 0.25) is 0 Å². The van der Waals surface area contributed by atoms with Crippen LogP contribution in [0.1, 0.15) is 10.4 Å². The van der Waals surface area contributed by atoms with E-state index in [2.05, 4.69) is 15.9 Å². The average molecular weight is 253 g/mol. The summed E-state index contributed by atoms with van der Waals surface area (Å²) >= 11 is 3.29. The summed E-state index contributed by atoms with van der Waals surface area (Å²) in [5.74, 6) is -0.154. The van der Waals surface area contributed by atoms with Crippen molar-refractivity contribution in [2.24, 2.45) is 0 Å². The number of hydrogen-bond donors (Lipinski definition) is 0. The molecule has 0 bridgehead atoms. The predicted molar refractivity (Wildman–Crippen MR) is 56.7 cm³/mol. The molecule has 0 atom stereocenters. The van der Waals surface area contributed by atoms with Crippen molar-refractivity contribution in [2.45, 2.75) is 0 Å². The quantitative estimate of drug-likeness (QED) is 0.757. The number of benzene rings is 1. The second-order valence-electron chi connectivity index (χ2n) is 2.80. The highest BCUT2D eigenvalue weighted by Crippen LogP contribution is 2.17. The van der Waals surface area contributed by atoms with Gasteiger partial charge in [0.25, 0.3) is 5.91 Å². The predicted octanol–water partition coefficient (Wildman–Crippen LogP) is 2.04. The molecule has 0 heterocycles. The molecule has 0 saturated carbocycles. The summed E-state index contributed by atoms with van der Waals surface area (Å²) in [6, 6.07) is 9.08. The van der Waals surface area contributed by atoms with Crippen LogP contribution in [0.15, 0.2) is 28.7 Å². The Hall–Kier alpha value is -1.34. The Labute approximate surface area is 91.1 Å². The van der Waals surface area contributed by atoms with Gasteiger partial charge in [0, 0.05) is 11.5 Å². The fourth-order valence-electron chi connectivity index (χ4n) is 1.02. The first kappa shape index (κ1) is 10.7. The highest BCUT2D eigenvalue weighted by Gasteiger charge is 2.13. The van der Waals surface area contributed by atoms with E-state index in [0.717, 1.165) is 4.47 Å². The first-order chi connectivity index (χ1) is 6.66. The second kappa shape index (κ2) is 4.77. The second-order valence-corrected chi connectivity index (χ2v) is 3.65. The smallest absolute Gasteiger partial charge is 0.255 e. The van der Waals surface area contributed by atoms with Crippen LogP contribution in [0.2, 0.25) is 0 Å². The fourth-order valence-corrected chi connectivity index (χ4v) is 1.47. The number of rotatable bonds is 2. The van der Waals surface area contributed by atoms with Crippen molar-refractivity contribution in [3.63, 3.8) is 0 Å². The van der Waals surface area contributed by atoms with Crippen LogP contribution in [-0.4, -0.2) is 24.4 Å². The molecule has 1 rings (SSSR count). The van der Waals surface area contributed by atoms with Gasteiger partial charge in [0.05, 0.1) is 11.6 Å². The third kappa shape index (κ3) is 2.33. The first-order valence-electron chi connectivity index (χ1n) is 4.03. The Bertz CT molecular complexity index is 384. The lowest BCUT2D eigenvalue weighted by Gasteiger charge is -2.13. The van der Waals surface area contributed by atoms with Crippen LogP contribution in [0.25, 0.3) is 0 Å². The normalized spacial score (nSPS) is 9.21. The fraction of sp³-hybridized carbons (Fsp3) is 0.200. The Morgan fingerprint density at radius 2 is 2.21 bits per heavy atom. The molecule has 0 aliphatic carbocycles. The van der Waals surface area contributed by atoms with Gasteiger partial charge in [-0.25, -0.2) is 0 Å². The monoisotopic (exact) mass is 252 g/mol. The minimum atomic E-state index is -0.154. The van der Waals surface area contributed by atoms with E-state index >= 15 is 0 Å². The lowest BCUT2D eigenvalue weighted by molar-refractivity contribution is 0.0811. The van der Waals surface area contributed by atoms with Gasteiger partial charge in [0.1, 0.15) is 6.54 Å². The lowest BCUT2D eigenvalue weighted by Crippen LogP contribution is -2.27. The summed E-state index contributed by atoms with van der Waals surface area (Å²) in [5, 5.41) is 8.45. The molecule has 0 aromatic heterocycles. The summed E-state index contributed by atoms with van der Waals surface area (Å²) in [4.78, 5) is 13.1. The number of carbonyl (C=O) groups excluding carboxylic acids is 1. The van der Waals surface area contributed by atoms with E-state index in [1.54, 1.807) is 25.2 Å². The van der Waals surface area contributed by atoms with Gasteiger partial charge in [-0.05, 0) is 28.1 Å². The molecule has 0 saturated heterocycles. The minimum absolute atomic E-state index is 0.0974. The maximum absolute atomic E-state index is 11.7. The highest BCUT2D eigenvalue weighted by molar-refractivity contribution is 9.10. The van der Waals surface area contributed by atoms with E-state index in [9.17, 15) is 4.79 Å². The summed E-state index contributed by atoms with van der Waals surface area (Å²) in [7, 11) is 1.60. The van der Waals surface area contributed by atoms with Crippen LogP contribution < -0.4 is 0 Å². The molecule has 1 aromatic rings. The van der Waals surface area contributed by atoms with E-state index in [-0.39, 0.29) is 12.5 Å². The summed E-state index contributed by atoms with van der Waals surface area (Å²) < 4.78 is 0.745. The van der Waals surface area contributed by atoms with Gasteiger partial charge in [-0.2, -0.15) is 5.26 Å². The van der Waals surface area contributed by atoms with Crippen LogP contribution >= 0.6 is 15.9 Å². The van der Waals surface area contributed by atoms with Gasteiger partial charge >= 0.3 is 0 Å². The lowest BCUT2D eigenvalue weighted by atomic mass is 10.2. The van der Waals surface area contributed by atoms with Crippen molar-refractivity contribution in [1.29, 1.82) is 5.26 Å². The molecule has 3 nitrogen and oxygen atoms in total. The largest absolute Gasteiger partial charge is 0.328 e. The molecule has 0 radical (unpaired) electrons. The third-order valence-electron chi connectivity index (χ3n) is 1.76. The zero-order chi connectivity index (χ0) is 10.6. The summed E-state index contributed by atoms with van der Waals surface area (Å²) in [6.45, 7) is 0.0974. The van der Waals surface area contributed by atoms with Crippen LogP contribution in [0.3, 0.4) is 0 Å². The standard InChI is InChI=1S/C10H9BrN2O/c1-13(7-6-12)10(14)8-4-2-3-5-9(8)11/h2-5H,7H2,1H3. The van der Waals surface area contributed by atoms with Crippen LogP contribution in [0.5, 0.6) is 0 Å². The molecule has 0 aliphatic heterocycles. The molecule has 0 unspecified atom stereocenters. The number of nitrogens with zero attached hydrogens (tertiary/aromatic N) is 2. The number of halogens is 1. The first-order valence-corrected chi connectivity index (χ1v) is 4.83. The SMILES string of the molecule is CN(CC#N)C(=O)c1ccccc1Br. The molecule has 0 fully saturated rings. The number of carbonyl (C=O) groups is 1. The molecule has 0 N–H and O–H groups in total. The Kier molecular flexibility index (Phi) is 3.66. The molecule has 72 valence electrons. The van der Waals surface area contributed by atoms with E-state index < -0.39 is 0 Å². The molecular formula is C10H9BrN2O. The minimum Gasteiger partial charge on any atom is -0.328 e. The van der Waals surface area contributed by atoms with E-state index in [0.29, 0.717) is 5.56 Å². The van der Waals surface area contributed by atoms with Crippen LogP contribution in [0, 0.1) is 11.3 Å². The Morgan fingerprint density at radius 1 is 1.57 bits per heavy atom. The van der Waals surface area contributed by atoms with Crippen molar-refractivity contribution >= 4 is 21.8 Å². The van der Waals surface area contributed by atoms with Gasteiger partial charge < -0.3 is 4.90 Å². The molecule has 0 aliphatic rings. The zero-order valence-electron chi connectivity index (χ0n) is 7.70. The van der Waals surface area contributed by atoms with Gasteiger partial charge in [-0.1, -0.05) is 12.1 Å². The molecule has 14 heavy (non-hydrogen) atoms. The van der Waals surface area contributed by atoms with Crippen molar-refractivity contribution in [3.8, 4) is 6.07 Å². The molecule has 1 aromatic carbocycles. The number of amides is 1. The average Bonchev–Trinajstić information content (AvgIpc) is 2.18. The number of nitriles is 1. The highest BCUT2D eigenvalue weighted by atomic mass is 79.9. The number of hydrogen-bond acceptors (Lipinski definition) is 2. The van der Waals surface area contributed by atoms with Crippen molar-refractivity contribution in [3.05, 3.63) is 34.3 Å². The molecular weight excluding hydrogens is 244 g/mol. The van der Waals surface area contributed by atoms with Gasteiger partial charge in [0.15, 0.2) is 0 Å². The van der Waals surface area contributed by atoms with Crippen molar-refractivity contribution in [1.82, 2.24) is 4.90 Å². The van der Waals surface area contributed by atoms with E-state index in [1.807, 2.05) is 12.1 Å². The van der Waals surface area contributed by atoms with Gasteiger partial charge in [-0.3, -0.25) is 4.79 Å². The third-order valence-corrected chi connectivity index (χ3v) is 2.45. The maximum Gasteiger partial charge on any atom is 0.255 e. The Balaban J connectivity index is 2.91. The van der Waals surface area contributed by atoms with Crippen molar-refractivity contribution in [2.75, 3.05) is 13.6 Å². The van der Waals surface area contributed by atoms with Crippen LogP contribution in [-0.2, 0) is 0 Å². The maximum atomic E-state index is 11.7. The van der Waals surface area contributed by atoms with E-state index in [1.165, 1.54) is 4.90 Å². The van der Waals surface area contributed by atoms with Crippen molar-refractivity contribution < 1.29 is 4.79 Å². The molecule has 0 spiro atoms. The van der Waals surface area contributed by atoms with E-state index in [4.69, 9.17) is 5.26 Å². The van der Waals surface area contributed by atoms with Crippen LogP contribution in [0.4, 0.5) is 0 Å². The molecule has 1 amide bonds. The zero-order valence-corrected chi connectivity index (χ0v) is 9.28. The summed E-state index contributed by atoms with van der Waals surface area (Å²) in [6.07, 6.45) is 0. The summed E-state index contributed by atoms with van der Waals surface area (Å²) in [5.41, 5.74) is 0.574.